The van der Waals surface area contributed by atoms with E-state index < -0.39 is 0 Å². The fraction of sp³-hybridized carbons (Fsp3) is 0.133. The van der Waals surface area contributed by atoms with Gasteiger partial charge in [-0.15, -0.1) is 0 Å². The zero-order valence-corrected chi connectivity index (χ0v) is 14.5. The zero-order chi connectivity index (χ0) is 14.7. The Morgan fingerprint density at radius 2 is 1.95 bits per heavy atom. The minimum absolute atomic E-state index is 0.0200. The number of carbonyl (C=O) groups is 1. The summed E-state index contributed by atoms with van der Waals surface area (Å²) >= 11 is 12.9. The fourth-order valence-corrected chi connectivity index (χ4v) is 3.01. The summed E-state index contributed by atoms with van der Waals surface area (Å²) in [6.07, 6.45) is 0.290. The van der Waals surface area contributed by atoms with E-state index in [-0.39, 0.29) is 5.78 Å². The first-order valence-corrected chi connectivity index (χ1v) is 7.79. The number of Topliss-reactive ketones (excluding diaryl/α,β-unsaturated/α-hetero) is 1. The number of benzene rings is 2. The number of hydrogen-bond donors (Lipinski definition) is 0. The van der Waals surface area contributed by atoms with Crippen molar-refractivity contribution in [2.24, 2.45) is 0 Å². The van der Waals surface area contributed by atoms with Crippen molar-refractivity contribution in [3.8, 4) is 5.75 Å². The number of hydrogen-bond acceptors (Lipinski definition) is 2. The molecule has 0 aliphatic rings. The zero-order valence-electron chi connectivity index (χ0n) is 10.6. The molecular formula is C15H11Br2ClO2. The molecule has 2 rings (SSSR count). The van der Waals surface area contributed by atoms with E-state index in [0.717, 1.165) is 20.3 Å². The third-order valence-corrected chi connectivity index (χ3v) is 4.75. The molecule has 0 amide bonds. The lowest BCUT2D eigenvalue weighted by Gasteiger charge is -2.07. The highest BCUT2D eigenvalue weighted by molar-refractivity contribution is 9.10. The van der Waals surface area contributed by atoms with Crippen LogP contribution in [0.2, 0.25) is 5.02 Å². The van der Waals surface area contributed by atoms with Gasteiger partial charge in [0, 0.05) is 16.5 Å². The first-order chi connectivity index (χ1) is 9.52. The second kappa shape index (κ2) is 6.74. The highest BCUT2D eigenvalue weighted by atomic mass is 79.9. The summed E-state index contributed by atoms with van der Waals surface area (Å²) in [5.41, 5.74) is 1.42. The van der Waals surface area contributed by atoms with Gasteiger partial charge >= 0.3 is 0 Å². The van der Waals surface area contributed by atoms with Crippen molar-refractivity contribution in [2.45, 2.75) is 6.42 Å². The molecule has 0 fully saturated rings. The molecule has 2 nitrogen and oxygen atoms in total. The van der Waals surface area contributed by atoms with Gasteiger partial charge in [0.25, 0.3) is 0 Å². The number of rotatable bonds is 4. The molecule has 0 N–H and O–H groups in total. The molecule has 0 aliphatic heterocycles. The fourth-order valence-electron chi connectivity index (χ4n) is 1.82. The van der Waals surface area contributed by atoms with Crippen molar-refractivity contribution in [3.05, 3.63) is 61.5 Å². The van der Waals surface area contributed by atoms with E-state index in [1.807, 2.05) is 24.3 Å². The molecule has 20 heavy (non-hydrogen) atoms. The van der Waals surface area contributed by atoms with Crippen molar-refractivity contribution in [2.75, 3.05) is 7.11 Å². The summed E-state index contributed by atoms with van der Waals surface area (Å²) < 4.78 is 6.71. The number of methoxy groups -OCH3 is 1. The van der Waals surface area contributed by atoms with Gasteiger partial charge in [0.15, 0.2) is 5.78 Å². The van der Waals surface area contributed by atoms with E-state index in [1.165, 1.54) is 0 Å². The first kappa shape index (κ1) is 15.5. The molecule has 0 bridgehead atoms. The normalized spacial score (nSPS) is 10.4. The van der Waals surface area contributed by atoms with Crippen LogP contribution < -0.4 is 4.74 Å². The minimum atomic E-state index is -0.0200. The van der Waals surface area contributed by atoms with Crippen LogP contribution >= 0.6 is 43.5 Å². The molecule has 2 aromatic carbocycles. The Hall–Kier alpha value is -0.840. The molecule has 0 spiro atoms. The van der Waals surface area contributed by atoms with Crippen LogP contribution in [0.5, 0.6) is 5.75 Å². The lowest BCUT2D eigenvalue weighted by atomic mass is 10.0. The third-order valence-electron chi connectivity index (χ3n) is 2.83. The number of halogens is 3. The van der Waals surface area contributed by atoms with Gasteiger partial charge in [0.1, 0.15) is 5.75 Å². The second-order valence-electron chi connectivity index (χ2n) is 4.17. The lowest BCUT2D eigenvalue weighted by Crippen LogP contribution is -2.04. The maximum absolute atomic E-state index is 12.3. The Morgan fingerprint density at radius 1 is 1.20 bits per heavy atom. The summed E-state index contributed by atoms with van der Waals surface area (Å²) in [5.74, 6) is 0.718. The van der Waals surface area contributed by atoms with Crippen LogP contribution in [0, 0.1) is 0 Å². The highest BCUT2D eigenvalue weighted by Gasteiger charge is 2.13. The summed E-state index contributed by atoms with van der Waals surface area (Å²) in [5, 5.41) is 0.449. The van der Waals surface area contributed by atoms with Crippen LogP contribution in [0.4, 0.5) is 0 Å². The van der Waals surface area contributed by atoms with Gasteiger partial charge in [-0.3, -0.25) is 4.79 Å². The van der Waals surface area contributed by atoms with Gasteiger partial charge in [0.05, 0.1) is 16.6 Å². The number of carbonyl (C=O) groups excluding carboxylic acids is 1. The molecule has 0 aliphatic carbocycles. The molecule has 0 aromatic heterocycles. The molecule has 0 radical (unpaired) electrons. The van der Waals surface area contributed by atoms with Crippen LogP contribution in [0.3, 0.4) is 0 Å². The van der Waals surface area contributed by atoms with Crippen molar-refractivity contribution >= 4 is 49.2 Å². The first-order valence-electron chi connectivity index (χ1n) is 5.82. The number of ether oxygens (including phenoxy) is 1. The SMILES string of the molecule is COc1ccc(CC(=O)c2cccc(Br)c2Cl)cc1Br. The van der Waals surface area contributed by atoms with Crippen LogP contribution in [0.25, 0.3) is 0 Å². The van der Waals surface area contributed by atoms with Crippen molar-refractivity contribution in [1.82, 2.24) is 0 Å². The molecule has 2 aromatic rings. The highest BCUT2D eigenvalue weighted by Crippen LogP contribution is 2.29. The van der Waals surface area contributed by atoms with E-state index in [0.29, 0.717) is 17.0 Å². The maximum Gasteiger partial charge on any atom is 0.168 e. The summed E-state index contributed by atoms with van der Waals surface area (Å²) in [7, 11) is 1.60. The Bertz CT molecular complexity index is 656. The van der Waals surface area contributed by atoms with E-state index in [9.17, 15) is 4.79 Å². The van der Waals surface area contributed by atoms with Crippen molar-refractivity contribution < 1.29 is 9.53 Å². The molecule has 5 heteroatoms. The predicted octanol–water partition coefficient (Wildman–Crippen LogP) is 5.30. The smallest absolute Gasteiger partial charge is 0.168 e. The molecule has 104 valence electrons. The lowest BCUT2D eigenvalue weighted by molar-refractivity contribution is 0.0993. The minimum Gasteiger partial charge on any atom is -0.496 e. The summed E-state index contributed by atoms with van der Waals surface area (Å²) in [4.78, 5) is 12.3. The molecule has 0 saturated heterocycles. The Labute approximate surface area is 139 Å². The van der Waals surface area contributed by atoms with Gasteiger partial charge in [-0.1, -0.05) is 23.7 Å². The van der Waals surface area contributed by atoms with Gasteiger partial charge in [-0.25, -0.2) is 0 Å². The Balaban J connectivity index is 2.24. The average molecular weight is 419 g/mol. The average Bonchev–Trinajstić information content (AvgIpc) is 2.42. The maximum atomic E-state index is 12.3. The standard InChI is InChI=1S/C15H11Br2ClO2/c1-20-14-6-5-9(7-12(14)17)8-13(19)10-3-2-4-11(16)15(10)18/h2-7H,8H2,1H3. The van der Waals surface area contributed by atoms with Crippen molar-refractivity contribution in [1.29, 1.82) is 0 Å². The largest absolute Gasteiger partial charge is 0.496 e. The van der Waals surface area contributed by atoms with Gasteiger partial charge in [-0.2, -0.15) is 0 Å². The second-order valence-corrected chi connectivity index (χ2v) is 6.26. The van der Waals surface area contributed by atoms with E-state index in [1.54, 1.807) is 19.2 Å². The van der Waals surface area contributed by atoms with Gasteiger partial charge in [0.2, 0.25) is 0 Å². The Kier molecular flexibility index (Phi) is 5.24. The molecule has 0 heterocycles. The summed E-state index contributed by atoms with van der Waals surface area (Å²) in [6, 6.07) is 10.9. The molecule has 0 atom stereocenters. The van der Waals surface area contributed by atoms with Gasteiger partial charge < -0.3 is 4.74 Å². The molecule has 0 unspecified atom stereocenters. The number of ketones is 1. The van der Waals surface area contributed by atoms with E-state index in [4.69, 9.17) is 16.3 Å². The Morgan fingerprint density at radius 3 is 2.60 bits per heavy atom. The van der Waals surface area contributed by atoms with Crippen LogP contribution in [-0.4, -0.2) is 12.9 Å². The van der Waals surface area contributed by atoms with Crippen molar-refractivity contribution in [3.63, 3.8) is 0 Å². The predicted molar refractivity (Wildman–Crippen MR) is 87.9 cm³/mol. The van der Waals surface area contributed by atoms with Gasteiger partial charge in [-0.05, 0) is 61.7 Å². The topological polar surface area (TPSA) is 26.3 Å². The van der Waals surface area contributed by atoms with E-state index in [2.05, 4.69) is 31.9 Å². The molecular weight excluding hydrogens is 407 g/mol. The van der Waals surface area contributed by atoms with E-state index >= 15 is 0 Å². The third kappa shape index (κ3) is 3.43. The van der Waals surface area contributed by atoms with Crippen LogP contribution in [0.1, 0.15) is 15.9 Å². The molecule has 0 saturated carbocycles. The quantitative estimate of drug-likeness (QED) is 0.630. The monoisotopic (exact) mass is 416 g/mol. The summed E-state index contributed by atoms with van der Waals surface area (Å²) in [6.45, 7) is 0. The van der Waals surface area contributed by atoms with Crippen LogP contribution in [0.15, 0.2) is 45.3 Å². The van der Waals surface area contributed by atoms with Crippen LogP contribution in [-0.2, 0) is 6.42 Å².